The highest BCUT2D eigenvalue weighted by molar-refractivity contribution is 5.76. The van der Waals surface area contributed by atoms with E-state index in [4.69, 9.17) is 4.42 Å². The first-order chi connectivity index (χ1) is 6.18. The highest BCUT2D eigenvalue weighted by Crippen LogP contribution is 2.24. The fourth-order valence-electron chi connectivity index (χ4n) is 1.20. The van der Waals surface area contributed by atoms with Gasteiger partial charge in [-0.15, -0.1) is 0 Å². The van der Waals surface area contributed by atoms with Crippen molar-refractivity contribution in [1.29, 1.82) is 0 Å². The summed E-state index contributed by atoms with van der Waals surface area (Å²) in [7, 11) is 0. The van der Waals surface area contributed by atoms with E-state index in [1.165, 1.54) is 0 Å². The van der Waals surface area contributed by atoms with E-state index in [1.807, 2.05) is 0 Å². The quantitative estimate of drug-likeness (QED) is 0.679. The Morgan fingerprint density at radius 1 is 1.38 bits per heavy atom. The van der Waals surface area contributed by atoms with Crippen LogP contribution in [0.15, 0.2) is 22.6 Å². The van der Waals surface area contributed by atoms with Crippen molar-refractivity contribution in [3.05, 3.63) is 29.7 Å². The average Bonchev–Trinajstić information content (AvgIpc) is 2.49. The van der Waals surface area contributed by atoms with Gasteiger partial charge in [0.25, 0.3) is 5.89 Å². The van der Waals surface area contributed by atoms with Crippen LogP contribution in [0, 0.1) is 6.92 Å². The zero-order valence-electron chi connectivity index (χ0n) is 6.92. The fourth-order valence-corrected chi connectivity index (χ4v) is 1.20. The van der Waals surface area contributed by atoms with Crippen molar-refractivity contribution in [2.45, 2.75) is 13.3 Å². The topological polar surface area (TPSA) is 26.0 Å². The maximum Gasteiger partial charge on any atom is 0.313 e. The van der Waals surface area contributed by atoms with Gasteiger partial charge in [-0.2, -0.15) is 8.78 Å². The summed E-state index contributed by atoms with van der Waals surface area (Å²) in [5.41, 5.74) is 1.77. The lowest BCUT2D eigenvalue weighted by atomic mass is 10.2. The molecule has 2 aromatic rings. The van der Waals surface area contributed by atoms with Gasteiger partial charge >= 0.3 is 6.43 Å². The van der Waals surface area contributed by atoms with Crippen molar-refractivity contribution < 1.29 is 13.2 Å². The molecule has 0 saturated carbocycles. The van der Waals surface area contributed by atoms with Crippen molar-refractivity contribution >= 4 is 11.1 Å². The monoisotopic (exact) mass is 183 g/mol. The molecule has 2 rings (SSSR count). The molecule has 1 aromatic heterocycles. The minimum absolute atomic E-state index is 0.412. The smallest absolute Gasteiger partial charge is 0.313 e. The Morgan fingerprint density at radius 2 is 2.15 bits per heavy atom. The summed E-state index contributed by atoms with van der Waals surface area (Å²) in [6.45, 7) is 1.81. The van der Waals surface area contributed by atoms with Crippen LogP contribution < -0.4 is 0 Å². The second-order valence-electron chi connectivity index (χ2n) is 2.77. The van der Waals surface area contributed by atoms with E-state index in [9.17, 15) is 8.78 Å². The lowest BCUT2D eigenvalue weighted by molar-refractivity contribution is 0.117. The highest BCUT2D eigenvalue weighted by Gasteiger charge is 2.15. The number of para-hydroxylation sites is 1. The lowest BCUT2D eigenvalue weighted by Crippen LogP contribution is -1.81. The van der Waals surface area contributed by atoms with Gasteiger partial charge in [-0.05, 0) is 18.6 Å². The number of rotatable bonds is 1. The third-order valence-electron chi connectivity index (χ3n) is 1.82. The molecule has 0 aliphatic rings. The molecule has 1 aromatic carbocycles. The molecule has 0 atom stereocenters. The zero-order chi connectivity index (χ0) is 9.42. The van der Waals surface area contributed by atoms with E-state index in [2.05, 4.69) is 4.98 Å². The molecule has 0 fully saturated rings. The third kappa shape index (κ3) is 1.28. The number of nitrogens with zero attached hydrogens (tertiary/aromatic N) is 1. The minimum Gasteiger partial charge on any atom is -0.435 e. The van der Waals surface area contributed by atoms with Crippen molar-refractivity contribution in [3.8, 4) is 0 Å². The van der Waals surface area contributed by atoms with E-state index in [0.717, 1.165) is 5.56 Å². The first kappa shape index (κ1) is 8.16. The van der Waals surface area contributed by atoms with Gasteiger partial charge in [0.05, 0.1) is 0 Å². The van der Waals surface area contributed by atoms with E-state index in [1.54, 1.807) is 25.1 Å². The van der Waals surface area contributed by atoms with Crippen LogP contribution in [-0.4, -0.2) is 4.98 Å². The summed E-state index contributed by atoms with van der Waals surface area (Å²) in [5, 5.41) is 0. The first-order valence-electron chi connectivity index (χ1n) is 3.82. The largest absolute Gasteiger partial charge is 0.435 e. The number of fused-ring (bicyclic) bond motifs is 1. The molecule has 0 spiro atoms. The minimum atomic E-state index is -2.65. The lowest BCUT2D eigenvalue weighted by Gasteiger charge is -1.88. The van der Waals surface area contributed by atoms with E-state index >= 15 is 0 Å². The van der Waals surface area contributed by atoms with Crippen LogP contribution in [-0.2, 0) is 0 Å². The molecule has 1 heterocycles. The van der Waals surface area contributed by atoms with Crippen LogP contribution >= 0.6 is 0 Å². The normalized spacial score (nSPS) is 11.4. The molecule has 0 unspecified atom stereocenters. The number of halogens is 2. The Balaban J connectivity index is 2.68. The Kier molecular flexibility index (Phi) is 1.76. The molecule has 0 saturated heterocycles. The number of alkyl halides is 2. The van der Waals surface area contributed by atoms with Crippen molar-refractivity contribution in [2.24, 2.45) is 0 Å². The molecule has 13 heavy (non-hydrogen) atoms. The van der Waals surface area contributed by atoms with Crippen molar-refractivity contribution in [1.82, 2.24) is 4.98 Å². The Morgan fingerprint density at radius 3 is 2.77 bits per heavy atom. The molecule has 2 nitrogen and oxygen atoms in total. The zero-order valence-corrected chi connectivity index (χ0v) is 6.92. The molecule has 0 amide bonds. The number of benzene rings is 1. The SMILES string of the molecule is Cc1cccc2oc(C(F)F)nc12. The molecular weight excluding hydrogens is 176 g/mol. The van der Waals surface area contributed by atoms with Gasteiger partial charge < -0.3 is 4.42 Å². The summed E-state index contributed by atoms with van der Waals surface area (Å²) in [5.74, 6) is -0.510. The summed E-state index contributed by atoms with van der Waals surface area (Å²) in [6.07, 6.45) is -2.65. The Hall–Kier alpha value is -1.45. The molecule has 68 valence electrons. The summed E-state index contributed by atoms with van der Waals surface area (Å²) < 4.78 is 29.2. The van der Waals surface area contributed by atoms with Gasteiger partial charge in [-0.3, -0.25) is 0 Å². The third-order valence-corrected chi connectivity index (χ3v) is 1.82. The van der Waals surface area contributed by atoms with Gasteiger partial charge in [-0.25, -0.2) is 4.98 Å². The summed E-state index contributed by atoms with van der Waals surface area (Å²) in [6, 6.07) is 5.18. The predicted octanol–water partition coefficient (Wildman–Crippen LogP) is 3.07. The Labute approximate surface area is 73.2 Å². The van der Waals surface area contributed by atoms with E-state index < -0.39 is 12.3 Å². The average molecular weight is 183 g/mol. The maximum atomic E-state index is 12.2. The molecule has 4 heteroatoms. The molecule has 0 bridgehead atoms. The predicted molar refractivity (Wildman–Crippen MR) is 43.7 cm³/mol. The number of aromatic nitrogens is 1. The van der Waals surface area contributed by atoms with Gasteiger partial charge in [-0.1, -0.05) is 12.1 Å². The van der Waals surface area contributed by atoms with E-state index in [-0.39, 0.29) is 0 Å². The summed E-state index contributed by atoms with van der Waals surface area (Å²) >= 11 is 0. The van der Waals surface area contributed by atoms with Gasteiger partial charge in [0, 0.05) is 0 Å². The number of aryl methyl sites for hydroxylation is 1. The summed E-state index contributed by atoms with van der Waals surface area (Å²) in [4.78, 5) is 3.70. The maximum absolute atomic E-state index is 12.2. The van der Waals surface area contributed by atoms with Crippen LogP contribution in [0.1, 0.15) is 17.9 Å². The molecule has 0 aliphatic carbocycles. The standard InChI is InChI=1S/C9H7F2NO/c1-5-3-2-4-6-7(5)12-9(13-6)8(10)11/h2-4,8H,1H3. The van der Waals surface area contributed by atoms with Crippen LogP contribution in [0.3, 0.4) is 0 Å². The first-order valence-corrected chi connectivity index (χ1v) is 3.82. The van der Waals surface area contributed by atoms with Gasteiger partial charge in [0.1, 0.15) is 5.52 Å². The Bertz CT molecular complexity index is 436. The number of hydrogen-bond acceptors (Lipinski definition) is 2. The molecular formula is C9H7F2NO. The van der Waals surface area contributed by atoms with Crippen molar-refractivity contribution in [3.63, 3.8) is 0 Å². The van der Waals surface area contributed by atoms with Crippen LogP contribution in [0.4, 0.5) is 8.78 Å². The number of hydrogen-bond donors (Lipinski definition) is 0. The second kappa shape index (κ2) is 2.80. The molecule has 0 aliphatic heterocycles. The van der Waals surface area contributed by atoms with Crippen molar-refractivity contribution in [2.75, 3.05) is 0 Å². The molecule has 0 N–H and O–H groups in total. The van der Waals surface area contributed by atoms with Crippen LogP contribution in [0.5, 0.6) is 0 Å². The van der Waals surface area contributed by atoms with E-state index in [0.29, 0.717) is 11.1 Å². The van der Waals surface area contributed by atoms with Gasteiger partial charge in [0.2, 0.25) is 0 Å². The highest BCUT2D eigenvalue weighted by atomic mass is 19.3. The van der Waals surface area contributed by atoms with Crippen LogP contribution in [0.2, 0.25) is 0 Å². The van der Waals surface area contributed by atoms with Gasteiger partial charge in [0.15, 0.2) is 5.58 Å². The molecule has 0 radical (unpaired) electrons. The second-order valence-corrected chi connectivity index (χ2v) is 2.77. The van der Waals surface area contributed by atoms with Crippen LogP contribution in [0.25, 0.3) is 11.1 Å². The number of oxazole rings is 1. The fraction of sp³-hybridized carbons (Fsp3) is 0.222.